The SMILES string of the molecule is [2H]C([2H])([2H])Oc1ncc(N=C(c2ccccc2)c2ccccc2)c(C(=O)OC)c1F. The van der Waals surface area contributed by atoms with Gasteiger partial charge >= 0.3 is 5.97 Å². The van der Waals surface area contributed by atoms with E-state index in [-0.39, 0.29) is 5.69 Å². The van der Waals surface area contributed by atoms with Crippen LogP contribution in [0.2, 0.25) is 0 Å². The van der Waals surface area contributed by atoms with Crippen molar-refractivity contribution < 1.29 is 22.8 Å². The maximum Gasteiger partial charge on any atom is 0.343 e. The molecular formula is C21H17FN2O3. The third-order valence-corrected chi connectivity index (χ3v) is 3.78. The van der Waals surface area contributed by atoms with E-state index < -0.39 is 30.3 Å². The molecule has 0 bridgehead atoms. The van der Waals surface area contributed by atoms with Crippen LogP contribution in [0.15, 0.2) is 71.9 Å². The van der Waals surface area contributed by atoms with Gasteiger partial charge in [-0.05, 0) is 0 Å². The fourth-order valence-corrected chi connectivity index (χ4v) is 2.52. The number of carbonyl (C=O) groups is 1. The van der Waals surface area contributed by atoms with Crippen molar-refractivity contribution in [3.05, 3.63) is 89.4 Å². The van der Waals surface area contributed by atoms with Crippen LogP contribution in [0.1, 0.15) is 25.6 Å². The summed E-state index contributed by atoms with van der Waals surface area (Å²) in [4.78, 5) is 20.5. The van der Waals surface area contributed by atoms with E-state index in [1.54, 1.807) is 0 Å². The molecule has 3 rings (SSSR count). The molecule has 0 spiro atoms. The minimum absolute atomic E-state index is 0.125. The highest BCUT2D eigenvalue weighted by Gasteiger charge is 2.23. The molecule has 27 heavy (non-hydrogen) atoms. The molecule has 0 atom stereocenters. The third kappa shape index (κ3) is 3.84. The van der Waals surface area contributed by atoms with E-state index in [1.807, 2.05) is 60.7 Å². The molecule has 136 valence electrons. The molecule has 2 aromatic carbocycles. The van der Waals surface area contributed by atoms with Crippen molar-refractivity contribution in [1.29, 1.82) is 0 Å². The Balaban J connectivity index is 2.22. The lowest BCUT2D eigenvalue weighted by Gasteiger charge is -2.11. The van der Waals surface area contributed by atoms with Gasteiger partial charge in [0.25, 0.3) is 5.88 Å². The zero-order valence-corrected chi connectivity index (χ0v) is 14.3. The van der Waals surface area contributed by atoms with Gasteiger partial charge in [0, 0.05) is 11.1 Å². The Kier molecular flexibility index (Phi) is 4.45. The minimum atomic E-state index is -2.94. The number of carbonyl (C=O) groups excluding carboxylic acids is 1. The number of rotatable bonds is 5. The number of halogens is 1. The molecule has 5 nitrogen and oxygen atoms in total. The first-order valence-electron chi connectivity index (χ1n) is 9.45. The first kappa shape index (κ1) is 14.6. The van der Waals surface area contributed by atoms with E-state index in [2.05, 4.69) is 19.5 Å². The molecule has 0 N–H and O–H groups in total. The van der Waals surface area contributed by atoms with Crippen molar-refractivity contribution in [2.45, 2.75) is 0 Å². The fourth-order valence-electron chi connectivity index (χ4n) is 2.52. The topological polar surface area (TPSA) is 60.8 Å². The number of aliphatic imine (C=N–C) groups is 1. The van der Waals surface area contributed by atoms with Crippen LogP contribution in [0.3, 0.4) is 0 Å². The number of aromatic nitrogens is 1. The molecule has 0 aliphatic heterocycles. The van der Waals surface area contributed by atoms with Gasteiger partial charge < -0.3 is 9.47 Å². The van der Waals surface area contributed by atoms with Crippen molar-refractivity contribution in [2.24, 2.45) is 4.99 Å². The number of pyridine rings is 1. The second-order valence-electron chi connectivity index (χ2n) is 5.42. The van der Waals surface area contributed by atoms with Crippen LogP contribution in [-0.4, -0.2) is 30.8 Å². The Bertz CT molecular complexity index is 1030. The zero-order valence-electron chi connectivity index (χ0n) is 17.3. The monoisotopic (exact) mass is 367 g/mol. The quantitative estimate of drug-likeness (QED) is 0.501. The highest BCUT2D eigenvalue weighted by atomic mass is 19.1. The summed E-state index contributed by atoms with van der Waals surface area (Å²) in [6, 6.07) is 18.2. The molecule has 0 aliphatic carbocycles. The first-order chi connectivity index (χ1) is 14.3. The molecule has 0 radical (unpaired) electrons. The molecule has 1 heterocycles. The number of hydrogen-bond acceptors (Lipinski definition) is 5. The van der Waals surface area contributed by atoms with Gasteiger partial charge in [0.15, 0.2) is 0 Å². The zero-order chi connectivity index (χ0) is 21.7. The maximum atomic E-state index is 14.9. The van der Waals surface area contributed by atoms with Crippen LogP contribution in [0.25, 0.3) is 0 Å². The van der Waals surface area contributed by atoms with Crippen LogP contribution in [-0.2, 0) is 4.74 Å². The number of ether oxygens (including phenoxy) is 2. The largest absolute Gasteiger partial charge is 0.479 e. The predicted octanol–water partition coefficient (Wildman–Crippen LogP) is 4.19. The molecule has 0 aliphatic rings. The fraction of sp³-hybridized carbons (Fsp3) is 0.0952. The van der Waals surface area contributed by atoms with Crippen LogP contribution >= 0.6 is 0 Å². The Morgan fingerprint density at radius 3 is 2.19 bits per heavy atom. The Morgan fingerprint density at radius 1 is 1.07 bits per heavy atom. The maximum absolute atomic E-state index is 14.9. The summed E-state index contributed by atoms with van der Waals surface area (Å²) in [6.45, 7) is 0. The van der Waals surface area contributed by atoms with Gasteiger partial charge in [-0.3, -0.25) is 0 Å². The summed E-state index contributed by atoms with van der Waals surface area (Å²) < 4.78 is 45.6. The first-order valence-corrected chi connectivity index (χ1v) is 7.95. The van der Waals surface area contributed by atoms with E-state index in [4.69, 9.17) is 4.11 Å². The number of hydrogen-bond donors (Lipinski definition) is 0. The van der Waals surface area contributed by atoms with Gasteiger partial charge in [-0.25, -0.2) is 14.8 Å². The van der Waals surface area contributed by atoms with E-state index in [0.717, 1.165) is 24.4 Å². The standard InChI is InChI=1S/C21H17FN2O3/c1-26-20-18(22)17(21(25)27-2)16(13-23-20)24-19(14-9-5-3-6-10-14)15-11-7-4-8-12-15/h3-13H,1-2H3/i1D3. The average molecular weight is 367 g/mol. The summed E-state index contributed by atoms with van der Waals surface area (Å²) >= 11 is 0. The predicted molar refractivity (Wildman–Crippen MR) is 100 cm³/mol. The van der Waals surface area contributed by atoms with Crippen molar-refractivity contribution in [3.8, 4) is 5.88 Å². The molecule has 0 saturated heterocycles. The molecule has 0 saturated carbocycles. The van der Waals surface area contributed by atoms with Crippen molar-refractivity contribution in [3.63, 3.8) is 0 Å². The molecular weight excluding hydrogens is 347 g/mol. The van der Waals surface area contributed by atoms with Crippen LogP contribution in [0.4, 0.5) is 10.1 Å². The molecule has 0 fully saturated rings. The van der Waals surface area contributed by atoms with Gasteiger partial charge in [-0.1, -0.05) is 60.7 Å². The summed E-state index contributed by atoms with van der Waals surface area (Å²) in [6.07, 6.45) is 1.07. The lowest BCUT2D eigenvalue weighted by Crippen LogP contribution is -2.09. The highest BCUT2D eigenvalue weighted by molar-refractivity contribution is 6.14. The molecule has 0 unspecified atom stereocenters. The van der Waals surface area contributed by atoms with Crippen molar-refractivity contribution in [1.82, 2.24) is 4.98 Å². The summed E-state index contributed by atoms with van der Waals surface area (Å²) in [5, 5.41) is 0. The minimum Gasteiger partial charge on any atom is -0.479 e. The number of benzene rings is 2. The Labute approximate surface area is 160 Å². The van der Waals surface area contributed by atoms with Crippen molar-refractivity contribution in [2.75, 3.05) is 14.1 Å². The van der Waals surface area contributed by atoms with Gasteiger partial charge in [0.1, 0.15) is 5.56 Å². The number of esters is 1. The van der Waals surface area contributed by atoms with Gasteiger partial charge in [-0.2, -0.15) is 4.39 Å². The van der Waals surface area contributed by atoms with Gasteiger partial charge in [0.2, 0.25) is 5.82 Å². The summed E-state index contributed by atoms with van der Waals surface area (Å²) in [7, 11) is -1.86. The van der Waals surface area contributed by atoms with E-state index >= 15 is 0 Å². The summed E-state index contributed by atoms with van der Waals surface area (Å²) in [5.74, 6) is -3.14. The number of methoxy groups -OCH3 is 2. The highest BCUT2D eigenvalue weighted by Crippen LogP contribution is 2.29. The third-order valence-electron chi connectivity index (χ3n) is 3.78. The Hall–Kier alpha value is -3.54. The van der Waals surface area contributed by atoms with E-state index in [1.165, 1.54) is 0 Å². The second kappa shape index (κ2) is 8.23. The lowest BCUT2D eigenvalue weighted by atomic mass is 10.0. The summed E-state index contributed by atoms with van der Waals surface area (Å²) in [5.41, 5.74) is 1.22. The molecule has 1 aromatic heterocycles. The van der Waals surface area contributed by atoms with Crippen LogP contribution < -0.4 is 4.74 Å². The second-order valence-corrected chi connectivity index (χ2v) is 5.42. The Morgan fingerprint density at radius 2 is 1.67 bits per heavy atom. The van der Waals surface area contributed by atoms with Crippen molar-refractivity contribution >= 4 is 17.4 Å². The normalized spacial score (nSPS) is 12.3. The average Bonchev–Trinajstić information content (AvgIpc) is 2.73. The van der Waals surface area contributed by atoms with E-state index in [9.17, 15) is 9.18 Å². The number of nitrogens with zero attached hydrogens (tertiary/aromatic N) is 2. The van der Waals surface area contributed by atoms with Gasteiger partial charge in [0.05, 0.1) is 35.9 Å². The molecule has 3 aromatic rings. The van der Waals surface area contributed by atoms with E-state index in [0.29, 0.717) is 5.71 Å². The smallest absolute Gasteiger partial charge is 0.343 e. The van der Waals surface area contributed by atoms with Gasteiger partial charge in [-0.15, -0.1) is 0 Å². The van der Waals surface area contributed by atoms with Crippen LogP contribution in [0.5, 0.6) is 5.88 Å². The molecule has 6 heteroatoms. The van der Waals surface area contributed by atoms with Crippen LogP contribution in [0, 0.1) is 5.82 Å². The lowest BCUT2D eigenvalue weighted by molar-refractivity contribution is 0.0595. The molecule has 0 amide bonds.